The third-order valence-electron chi connectivity index (χ3n) is 2.66. The maximum Gasteiger partial charge on any atom is 0.224 e. The quantitative estimate of drug-likeness (QED) is 0.838. The van der Waals surface area contributed by atoms with Gasteiger partial charge < -0.3 is 15.6 Å². The first-order valence-electron chi connectivity index (χ1n) is 6.20. The lowest BCUT2D eigenvalue weighted by molar-refractivity contribution is 0.609. The number of nitrogens with two attached hydrogens (primary N) is 1. The van der Waals surface area contributed by atoms with Gasteiger partial charge in [0.05, 0.1) is 18.8 Å². The number of nitrogen functional groups attached to an aromatic ring is 1. The Kier molecular flexibility index (Phi) is 3.80. The number of nitrogens with one attached hydrogen (secondary N) is 1. The van der Waals surface area contributed by atoms with Crippen molar-refractivity contribution in [3.05, 3.63) is 6.33 Å². The minimum absolute atomic E-state index is 0.195. The second kappa shape index (κ2) is 5.52. The number of aromatic nitrogens is 4. The van der Waals surface area contributed by atoms with Gasteiger partial charge in [-0.3, -0.25) is 0 Å². The second-order valence-electron chi connectivity index (χ2n) is 4.75. The van der Waals surface area contributed by atoms with E-state index in [-0.39, 0.29) is 5.95 Å². The van der Waals surface area contributed by atoms with Gasteiger partial charge in [-0.25, -0.2) is 4.98 Å². The van der Waals surface area contributed by atoms with Crippen LogP contribution in [0.3, 0.4) is 0 Å². The zero-order valence-electron chi connectivity index (χ0n) is 11.1. The summed E-state index contributed by atoms with van der Waals surface area (Å²) in [6.07, 6.45) is 2.01. The number of anilines is 2. The number of rotatable bonds is 5. The smallest absolute Gasteiger partial charge is 0.224 e. The van der Waals surface area contributed by atoms with Crippen LogP contribution in [0.2, 0.25) is 0 Å². The van der Waals surface area contributed by atoms with Crippen LogP contribution >= 0.6 is 0 Å². The SMILES string of the molecule is CC(C)CN(CCC#N)c1nc(N)nc2nc[nH]c12. The molecule has 0 amide bonds. The summed E-state index contributed by atoms with van der Waals surface area (Å²) in [6, 6.07) is 2.16. The third kappa shape index (κ3) is 2.91. The Morgan fingerprint density at radius 1 is 1.47 bits per heavy atom. The van der Waals surface area contributed by atoms with E-state index < -0.39 is 0 Å². The van der Waals surface area contributed by atoms with Gasteiger partial charge in [-0.15, -0.1) is 0 Å². The lowest BCUT2D eigenvalue weighted by atomic mass is 10.2. The molecule has 0 radical (unpaired) electrons. The van der Waals surface area contributed by atoms with Crippen LogP contribution < -0.4 is 10.6 Å². The van der Waals surface area contributed by atoms with Crippen molar-refractivity contribution >= 4 is 22.9 Å². The molecule has 2 heterocycles. The molecule has 0 fully saturated rings. The topological polar surface area (TPSA) is 108 Å². The van der Waals surface area contributed by atoms with Crippen LogP contribution in [0, 0.1) is 17.2 Å². The van der Waals surface area contributed by atoms with Gasteiger partial charge in [0.25, 0.3) is 0 Å². The Hall–Kier alpha value is -2.36. The molecule has 0 aliphatic rings. The summed E-state index contributed by atoms with van der Waals surface area (Å²) in [7, 11) is 0. The molecule has 0 bridgehead atoms. The molecule has 2 rings (SSSR count). The number of H-pyrrole nitrogens is 1. The van der Waals surface area contributed by atoms with Crippen molar-refractivity contribution in [2.75, 3.05) is 23.7 Å². The molecular weight excluding hydrogens is 242 g/mol. The molecule has 2 aromatic rings. The fourth-order valence-corrected chi connectivity index (χ4v) is 1.97. The van der Waals surface area contributed by atoms with Gasteiger partial charge in [-0.1, -0.05) is 13.8 Å². The lowest BCUT2D eigenvalue weighted by Crippen LogP contribution is -2.30. The van der Waals surface area contributed by atoms with Crippen LogP contribution in [-0.2, 0) is 0 Å². The summed E-state index contributed by atoms with van der Waals surface area (Å²) in [5.41, 5.74) is 7.02. The Bertz CT molecular complexity index is 596. The van der Waals surface area contributed by atoms with Crippen LogP contribution in [-0.4, -0.2) is 33.0 Å². The largest absolute Gasteiger partial charge is 0.368 e. The third-order valence-corrected chi connectivity index (χ3v) is 2.66. The number of fused-ring (bicyclic) bond motifs is 1. The van der Waals surface area contributed by atoms with Crippen LogP contribution in [0.5, 0.6) is 0 Å². The van der Waals surface area contributed by atoms with Crippen molar-refractivity contribution in [2.45, 2.75) is 20.3 Å². The van der Waals surface area contributed by atoms with Gasteiger partial charge in [0.1, 0.15) is 5.52 Å². The molecule has 7 nitrogen and oxygen atoms in total. The number of nitriles is 1. The molecule has 2 aromatic heterocycles. The summed E-state index contributed by atoms with van der Waals surface area (Å²) < 4.78 is 0. The van der Waals surface area contributed by atoms with Crippen LogP contribution in [0.4, 0.5) is 11.8 Å². The first-order valence-corrected chi connectivity index (χ1v) is 6.20. The average Bonchev–Trinajstić information content (AvgIpc) is 2.80. The molecule has 0 saturated carbocycles. The highest BCUT2D eigenvalue weighted by molar-refractivity contribution is 5.84. The second-order valence-corrected chi connectivity index (χ2v) is 4.75. The highest BCUT2D eigenvalue weighted by atomic mass is 15.2. The minimum Gasteiger partial charge on any atom is -0.368 e. The molecule has 0 unspecified atom stereocenters. The van der Waals surface area contributed by atoms with Crippen molar-refractivity contribution in [3.8, 4) is 6.07 Å². The molecule has 0 spiro atoms. The molecule has 0 aliphatic carbocycles. The molecule has 100 valence electrons. The number of nitrogens with zero attached hydrogens (tertiary/aromatic N) is 5. The van der Waals surface area contributed by atoms with Crippen LogP contribution in [0.1, 0.15) is 20.3 Å². The molecule has 0 saturated heterocycles. The predicted octanol–water partition coefficient (Wildman–Crippen LogP) is 1.31. The van der Waals surface area contributed by atoms with E-state index in [1.807, 2.05) is 4.90 Å². The first kappa shape index (κ1) is 13.1. The van der Waals surface area contributed by atoms with E-state index in [1.165, 1.54) is 0 Å². The maximum atomic E-state index is 8.77. The molecule has 3 N–H and O–H groups in total. The predicted molar refractivity (Wildman–Crippen MR) is 73.4 cm³/mol. The summed E-state index contributed by atoms with van der Waals surface area (Å²) in [4.78, 5) is 17.5. The molecule has 19 heavy (non-hydrogen) atoms. The Balaban J connectivity index is 2.42. The normalized spacial score (nSPS) is 10.8. The average molecular weight is 259 g/mol. The lowest BCUT2D eigenvalue weighted by Gasteiger charge is -2.24. The summed E-state index contributed by atoms with van der Waals surface area (Å²) in [5, 5.41) is 8.77. The molecule has 7 heteroatoms. The first-order chi connectivity index (χ1) is 9.11. The van der Waals surface area contributed by atoms with E-state index in [9.17, 15) is 0 Å². The Morgan fingerprint density at radius 3 is 2.95 bits per heavy atom. The van der Waals surface area contributed by atoms with Gasteiger partial charge in [-0.2, -0.15) is 15.2 Å². The summed E-state index contributed by atoms with van der Waals surface area (Å²) in [5.74, 6) is 1.36. The standard InChI is InChI=1S/C12H17N7/c1-8(2)6-19(5-3-4-13)11-9-10(16-7-15-9)17-12(14)18-11/h7-8H,3,5-6H2,1-2H3,(H3,14,15,16,17,18). The molecule has 0 aromatic carbocycles. The van der Waals surface area contributed by atoms with E-state index in [2.05, 4.69) is 39.9 Å². The van der Waals surface area contributed by atoms with Crippen LogP contribution in [0.15, 0.2) is 6.33 Å². The molecule has 0 atom stereocenters. The van der Waals surface area contributed by atoms with Crippen molar-refractivity contribution in [3.63, 3.8) is 0 Å². The number of hydrogen-bond acceptors (Lipinski definition) is 6. The highest BCUT2D eigenvalue weighted by Crippen LogP contribution is 2.22. The van der Waals surface area contributed by atoms with Crippen molar-refractivity contribution in [1.29, 1.82) is 5.26 Å². The maximum absolute atomic E-state index is 8.77. The Labute approximate surface area is 111 Å². The monoisotopic (exact) mass is 259 g/mol. The highest BCUT2D eigenvalue weighted by Gasteiger charge is 2.16. The van der Waals surface area contributed by atoms with E-state index in [0.29, 0.717) is 30.3 Å². The van der Waals surface area contributed by atoms with Gasteiger partial charge in [0, 0.05) is 13.1 Å². The van der Waals surface area contributed by atoms with Crippen LogP contribution in [0.25, 0.3) is 11.2 Å². The van der Waals surface area contributed by atoms with E-state index in [1.54, 1.807) is 6.33 Å². The fraction of sp³-hybridized carbons (Fsp3) is 0.500. The van der Waals surface area contributed by atoms with Gasteiger partial charge in [0.15, 0.2) is 11.5 Å². The summed E-state index contributed by atoms with van der Waals surface area (Å²) >= 11 is 0. The van der Waals surface area contributed by atoms with Gasteiger partial charge in [-0.05, 0) is 5.92 Å². The zero-order valence-corrected chi connectivity index (χ0v) is 11.1. The Morgan fingerprint density at radius 2 is 2.26 bits per heavy atom. The minimum atomic E-state index is 0.195. The summed E-state index contributed by atoms with van der Waals surface area (Å²) in [6.45, 7) is 5.65. The fourth-order valence-electron chi connectivity index (χ4n) is 1.97. The van der Waals surface area contributed by atoms with Gasteiger partial charge >= 0.3 is 0 Å². The molecular formula is C12H17N7. The van der Waals surface area contributed by atoms with Crippen molar-refractivity contribution in [1.82, 2.24) is 19.9 Å². The van der Waals surface area contributed by atoms with E-state index >= 15 is 0 Å². The van der Waals surface area contributed by atoms with Gasteiger partial charge in [0.2, 0.25) is 5.95 Å². The van der Waals surface area contributed by atoms with E-state index in [0.717, 1.165) is 12.1 Å². The number of hydrogen-bond donors (Lipinski definition) is 2. The van der Waals surface area contributed by atoms with E-state index in [4.69, 9.17) is 11.0 Å². The number of imidazole rings is 1. The molecule has 0 aliphatic heterocycles. The van der Waals surface area contributed by atoms with Crippen molar-refractivity contribution in [2.24, 2.45) is 5.92 Å². The zero-order chi connectivity index (χ0) is 13.8. The number of aromatic amines is 1. The van der Waals surface area contributed by atoms with Crippen molar-refractivity contribution < 1.29 is 0 Å².